The van der Waals surface area contributed by atoms with Gasteiger partial charge in [0.2, 0.25) is 15.9 Å². The maximum atomic E-state index is 13.2. The maximum Gasteiger partial charge on any atom is 0.244 e. The Morgan fingerprint density at radius 1 is 1.03 bits per heavy atom. The Morgan fingerprint density at radius 3 is 2.28 bits per heavy atom. The molecule has 0 radical (unpaired) electrons. The van der Waals surface area contributed by atoms with E-state index in [0.717, 1.165) is 29.0 Å². The summed E-state index contributed by atoms with van der Waals surface area (Å²) in [6.45, 7) is 3.41. The first-order chi connectivity index (χ1) is 13.7. The summed E-state index contributed by atoms with van der Waals surface area (Å²) in [5, 5.41) is 2.92. The van der Waals surface area contributed by atoms with Gasteiger partial charge in [-0.05, 0) is 80.5 Å². The predicted octanol–water partition coefficient (Wildman–Crippen LogP) is 3.74. The molecule has 1 aliphatic rings. The molecular formula is C22H27FN2O3S. The largest absolute Gasteiger partial charge is 0.348 e. The summed E-state index contributed by atoms with van der Waals surface area (Å²) in [5.41, 5.74) is 3.94. The van der Waals surface area contributed by atoms with Crippen LogP contribution in [0.2, 0.25) is 0 Å². The Balaban J connectivity index is 1.78. The molecule has 2 atom stereocenters. The number of halogens is 1. The lowest BCUT2D eigenvalue weighted by Crippen LogP contribution is -2.48. The number of hydrogen-bond acceptors (Lipinski definition) is 3. The molecule has 2 aromatic carbocycles. The highest BCUT2D eigenvalue weighted by molar-refractivity contribution is 7.92. The van der Waals surface area contributed by atoms with E-state index in [1.54, 1.807) is 0 Å². The average Bonchev–Trinajstić information content (AvgIpc) is 2.68. The molecule has 7 heteroatoms. The number of benzene rings is 2. The van der Waals surface area contributed by atoms with E-state index in [1.165, 1.54) is 55.2 Å². The third kappa shape index (κ3) is 4.96. The van der Waals surface area contributed by atoms with Gasteiger partial charge in [-0.2, -0.15) is 0 Å². The molecule has 2 aromatic rings. The minimum atomic E-state index is -3.74. The van der Waals surface area contributed by atoms with E-state index in [1.807, 2.05) is 13.0 Å². The molecule has 3 rings (SSSR count). The van der Waals surface area contributed by atoms with Gasteiger partial charge >= 0.3 is 0 Å². The molecule has 0 saturated carbocycles. The second kappa shape index (κ2) is 8.53. The summed E-state index contributed by atoms with van der Waals surface area (Å²) >= 11 is 0. The average molecular weight is 419 g/mol. The van der Waals surface area contributed by atoms with Crippen LogP contribution in [0.15, 0.2) is 42.5 Å². The summed E-state index contributed by atoms with van der Waals surface area (Å²) in [7, 11) is -3.74. The van der Waals surface area contributed by atoms with E-state index in [-0.39, 0.29) is 11.7 Å². The van der Waals surface area contributed by atoms with Crippen molar-refractivity contribution in [3.8, 4) is 0 Å². The van der Waals surface area contributed by atoms with E-state index in [2.05, 4.69) is 17.4 Å². The van der Waals surface area contributed by atoms with E-state index in [9.17, 15) is 17.6 Å². The van der Waals surface area contributed by atoms with Crippen LogP contribution in [-0.4, -0.2) is 26.6 Å². The molecule has 0 aliphatic heterocycles. The minimum Gasteiger partial charge on any atom is -0.348 e. The molecule has 0 bridgehead atoms. The third-order valence-corrected chi connectivity index (χ3v) is 6.64. The van der Waals surface area contributed by atoms with Gasteiger partial charge in [0.05, 0.1) is 18.0 Å². The molecule has 1 amide bonds. The van der Waals surface area contributed by atoms with Crippen LogP contribution in [0.25, 0.3) is 0 Å². The summed E-state index contributed by atoms with van der Waals surface area (Å²) in [6.07, 6.45) is 5.56. The van der Waals surface area contributed by atoms with Crippen LogP contribution >= 0.6 is 0 Å². The maximum absolute atomic E-state index is 13.2. The first kappa shape index (κ1) is 21.3. The Kier molecular flexibility index (Phi) is 6.27. The molecule has 0 saturated heterocycles. The van der Waals surface area contributed by atoms with Crippen molar-refractivity contribution in [2.24, 2.45) is 0 Å². The Hall–Kier alpha value is -2.41. The van der Waals surface area contributed by atoms with E-state index >= 15 is 0 Å². The lowest BCUT2D eigenvalue weighted by molar-refractivity contribution is -0.122. The zero-order valence-corrected chi connectivity index (χ0v) is 17.8. The van der Waals surface area contributed by atoms with E-state index in [4.69, 9.17) is 0 Å². The van der Waals surface area contributed by atoms with Gasteiger partial charge in [-0.3, -0.25) is 9.10 Å². The number of fused-ring (bicyclic) bond motifs is 1. The lowest BCUT2D eigenvalue weighted by Gasteiger charge is -2.29. The molecule has 0 heterocycles. The number of anilines is 1. The van der Waals surface area contributed by atoms with Crippen LogP contribution in [-0.2, 0) is 27.7 Å². The zero-order chi connectivity index (χ0) is 21.2. The van der Waals surface area contributed by atoms with Crippen LogP contribution in [0.3, 0.4) is 0 Å². The number of sulfonamides is 1. The van der Waals surface area contributed by atoms with E-state index < -0.39 is 27.8 Å². The van der Waals surface area contributed by atoms with Crippen molar-refractivity contribution in [1.82, 2.24) is 5.32 Å². The van der Waals surface area contributed by atoms with Gasteiger partial charge in [-0.15, -0.1) is 0 Å². The van der Waals surface area contributed by atoms with Crippen molar-refractivity contribution < 1.29 is 17.6 Å². The number of rotatable bonds is 6. The summed E-state index contributed by atoms with van der Waals surface area (Å²) < 4.78 is 38.9. The Bertz CT molecular complexity index is 990. The quantitative estimate of drug-likeness (QED) is 0.777. The molecule has 156 valence electrons. The molecular weight excluding hydrogens is 391 g/mol. The molecule has 0 aromatic heterocycles. The van der Waals surface area contributed by atoms with Gasteiger partial charge < -0.3 is 5.32 Å². The molecule has 0 unspecified atom stereocenters. The van der Waals surface area contributed by atoms with Gasteiger partial charge in [0.15, 0.2) is 0 Å². The Labute approximate surface area is 172 Å². The smallest absolute Gasteiger partial charge is 0.244 e. The van der Waals surface area contributed by atoms with Crippen molar-refractivity contribution in [1.29, 1.82) is 0 Å². The number of carbonyl (C=O) groups is 1. The van der Waals surface area contributed by atoms with Gasteiger partial charge in [0.1, 0.15) is 11.9 Å². The van der Waals surface area contributed by atoms with Gasteiger partial charge in [-0.1, -0.05) is 18.2 Å². The number of amides is 1. The van der Waals surface area contributed by atoms with Crippen LogP contribution in [0.4, 0.5) is 10.1 Å². The second-order valence-corrected chi connectivity index (χ2v) is 9.54. The van der Waals surface area contributed by atoms with Gasteiger partial charge in [-0.25, -0.2) is 12.8 Å². The SMILES string of the molecule is C[C@H](NC(=O)[C@@H](C)N(c1ccc(F)cc1)S(C)(=O)=O)c1ccc2c(c1)CCCC2. The fourth-order valence-corrected chi connectivity index (χ4v) is 5.01. The first-order valence-corrected chi connectivity index (χ1v) is 11.7. The molecule has 5 nitrogen and oxygen atoms in total. The van der Waals surface area contributed by atoms with Crippen LogP contribution in [0.5, 0.6) is 0 Å². The van der Waals surface area contributed by atoms with Crippen LogP contribution in [0, 0.1) is 5.82 Å². The first-order valence-electron chi connectivity index (χ1n) is 9.84. The summed E-state index contributed by atoms with van der Waals surface area (Å²) in [5.74, 6) is -0.884. The second-order valence-electron chi connectivity index (χ2n) is 7.68. The van der Waals surface area contributed by atoms with Crippen molar-refractivity contribution in [2.45, 2.75) is 51.6 Å². The number of nitrogens with one attached hydrogen (secondary N) is 1. The number of aryl methyl sites for hydroxylation is 2. The minimum absolute atomic E-state index is 0.248. The number of carbonyl (C=O) groups excluding carboxylic acids is 1. The molecule has 1 aliphatic carbocycles. The number of hydrogen-bond donors (Lipinski definition) is 1. The van der Waals surface area contributed by atoms with Crippen molar-refractivity contribution >= 4 is 21.6 Å². The van der Waals surface area contributed by atoms with Crippen LogP contribution in [0.1, 0.15) is 49.4 Å². The fraction of sp³-hybridized carbons (Fsp3) is 0.409. The highest BCUT2D eigenvalue weighted by atomic mass is 32.2. The third-order valence-electron chi connectivity index (χ3n) is 5.40. The molecule has 0 fully saturated rings. The lowest BCUT2D eigenvalue weighted by atomic mass is 9.89. The van der Waals surface area contributed by atoms with Crippen molar-refractivity contribution in [3.05, 3.63) is 65.0 Å². The molecule has 29 heavy (non-hydrogen) atoms. The normalized spacial score (nSPS) is 15.9. The molecule has 0 spiro atoms. The molecule has 1 N–H and O–H groups in total. The standard InChI is InChI=1S/C22H27FN2O3S/c1-15(18-9-8-17-6-4-5-7-19(17)14-18)24-22(26)16(2)25(29(3,27)28)21-12-10-20(23)11-13-21/h8-16H,4-7H2,1-3H3,(H,24,26)/t15-,16+/m0/s1. The van der Waals surface area contributed by atoms with Gasteiger partial charge in [0.25, 0.3) is 0 Å². The highest BCUT2D eigenvalue weighted by Gasteiger charge is 2.30. The fourth-order valence-electron chi connectivity index (χ4n) is 3.84. The predicted molar refractivity (Wildman–Crippen MR) is 113 cm³/mol. The van der Waals surface area contributed by atoms with Gasteiger partial charge in [0, 0.05) is 0 Å². The zero-order valence-electron chi connectivity index (χ0n) is 17.0. The Morgan fingerprint density at radius 2 is 1.66 bits per heavy atom. The van der Waals surface area contributed by atoms with Crippen molar-refractivity contribution in [3.63, 3.8) is 0 Å². The van der Waals surface area contributed by atoms with Crippen LogP contribution < -0.4 is 9.62 Å². The van der Waals surface area contributed by atoms with Crippen molar-refractivity contribution in [2.75, 3.05) is 10.6 Å². The summed E-state index contributed by atoms with van der Waals surface area (Å²) in [4.78, 5) is 12.9. The summed E-state index contributed by atoms with van der Waals surface area (Å²) in [6, 6.07) is 10.1. The topological polar surface area (TPSA) is 66.5 Å². The number of nitrogens with zero attached hydrogens (tertiary/aromatic N) is 1. The monoisotopic (exact) mass is 418 g/mol. The highest BCUT2D eigenvalue weighted by Crippen LogP contribution is 2.26. The van der Waals surface area contributed by atoms with E-state index in [0.29, 0.717) is 0 Å².